The third-order valence-corrected chi connectivity index (χ3v) is 3.28. The summed E-state index contributed by atoms with van der Waals surface area (Å²) in [5, 5.41) is 3.46. The molecule has 88 valence electrons. The fraction of sp³-hybridized carbons (Fsp3) is 0.571. The van der Waals surface area contributed by atoms with Crippen molar-refractivity contribution in [1.82, 2.24) is 5.32 Å². The molecular formula is C14H22N2. The quantitative estimate of drug-likeness (QED) is 0.836. The predicted molar refractivity (Wildman–Crippen MR) is 69.8 cm³/mol. The Balaban J connectivity index is 2.01. The Morgan fingerprint density at radius 3 is 2.81 bits per heavy atom. The lowest BCUT2D eigenvalue weighted by Gasteiger charge is -2.41. The van der Waals surface area contributed by atoms with E-state index in [9.17, 15) is 0 Å². The molecule has 1 unspecified atom stereocenters. The van der Waals surface area contributed by atoms with Crippen LogP contribution in [-0.2, 0) is 6.54 Å². The Morgan fingerprint density at radius 1 is 1.44 bits per heavy atom. The number of anilines is 1. The summed E-state index contributed by atoms with van der Waals surface area (Å²) in [6, 6.07) is 10.2. The molecule has 0 aliphatic carbocycles. The lowest BCUT2D eigenvalue weighted by molar-refractivity contribution is 0.481. The van der Waals surface area contributed by atoms with Crippen LogP contribution in [0.25, 0.3) is 0 Å². The normalized spacial score (nSPS) is 20.0. The average molecular weight is 218 g/mol. The second kappa shape index (κ2) is 4.88. The maximum atomic E-state index is 3.46. The highest BCUT2D eigenvalue weighted by molar-refractivity contribution is 5.51. The molecule has 0 spiro atoms. The van der Waals surface area contributed by atoms with Crippen LogP contribution in [0.5, 0.6) is 0 Å². The molecule has 1 heterocycles. The minimum atomic E-state index is 0.548. The molecule has 1 N–H and O–H groups in total. The first-order valence-corrected chi connectivity index (χ1v) is 6.26. The summed E-state index contributed by atoms with van der Waals surface area (Å²) in [7, 11) is 0. The first kappa shape index (κ1) is 11.5. The van der Waals surface area contributed by atoms with Crippen molar-refractivity contribution in [3.63, 3.8) is 0 Å². The molecule has 1 aromatic rings. The van der Waals surface area contributed by atoms with Crippen molar-refractivity contribution >= 4 is 5.69 Å². The van der Waals surface area contributed by atoms with E-state index in [1.54, 1.807) is 0 Å². The summed E-state index contributed by atoms with van der Waals surface area (Å²) in [5.74, 6) is 0. The maximum Gasteiger partial charge on any atom is 0.0371 e. The molecule has 16 heavy (non-hydrogen) atoms. The van der Waals surface area contributed by atoms with Crippen LogP contribution in [0.2, 0.25) is 0 Å². The summed E-state index contributed by atoms with van der Waals surface area (Å²) in [6.45, 7) is 8.83. The summed E-state index contributed by atoms with van der Waals surface area (Å²) in [4.78, 5) is 2.47. The van der Waals surface area contributed by atoms with Gasteiger partial charge in [-0.1, -0.05) is 26.0 Å². The molecule has 0 aromatic heterocycles. The molecule has 0 radical (unpaired) electrons. The molecule has 1 aliphatic rings. The maximum absolute atomic E-state index is 3.46. The zero-order chi connectivity index (χ0) is 11.5. The summed E-state index contributed by atoms with van der Waals surface area (Å²) >= 11 is 0. The van der Waals surface area contributed by atoms with E-state index in [0.717, 1.165) is 6.54 Å². The Hall–Kier alpha value is -1.02. The molecule has 0 saturated carbocycles. The van der Waals surface area contributed by atoms with Crippen LogP contribution >= 0.6 is 0 Å². The van der Waals surface area contributed by atoms with E-state index in [-0.39, 0.29) is 0 Å². The highest BCUT2D eigenvalue weighted by Gasteiger charge is 2.23. The van der Waals surface area contributed by atoms with Crippen molar-refractivity contribution in [1.29, 1.82) is 0 Å². The van der Waals surface area contributed by atoms with Gasteiger partial charge < -0.3 is 10.2 Å². The Morgan fingerprint density at radius 2 is 2.25 bits per heavy atom. The van der Waals surface area contributed by atoms with Crippen LogP contribution < -0.4 is 10.2 Å². The number of hydrogen-bond acceptors (Lipinski definition) is 2. The van der Waals surface area contributed by atoms with Crippen LogP contribution in [0.15, 0.2) is 24.3 Å². The van der Waals surface area contributed by atoms with Gasteiger partial charge in [-0.2, -0.15) is 0 Å². The fourth-order valence-electron chi connectivity index (χ4n) is 2.07. The third kappa shape index (κ3) is 2.56. The van der Waals surface area contributed by atoms with Crippen molar-refractivity contribution in [2.75, 3.05) is 11.4 Å². The van der Waals surface area contributed by atoms with E-state index < -0.39 is 0 Å². The van der Waals surface area contributed by atoms with Crippen LogP contribution in [0.4, 0.5) is 5.69 Å². The van der Waals surface area contributed by atoms with Gasteiger partial charge in [0, 0.05) is 30.9 Å². The highest BCUT2D eigenvalue weighted by atomic mass is 15.2. The molecule has 1 aromatic carbocycles. The number of benzene rings is 1. The van der Waals surface area contributed by atoms with Crippen molar-refractivity contribution in [2.45, 2.75) is 45.8 Å². The van der Waals surface area contributed by atoms with E-state index in [1.807, 2.05) is 0 Å². The lowest BCUT2D eigenvalue weighted by atomic mass is 10.0. The van der Waals surface area contributed by atoms with Gasteiger partial charge in [0.05, 0.1) is 0 Å². The molecule has 0 amide bonds. The number of hydrogen-bond donors (Lipinski definition) is 1. The second-order valence-electron chi connectivity index (χ2n) is 5.04. The van der Waals surface area contributed by atoms with Crippen molar-refractivity contribution in [3.8, 4) is 0 Å². The van der Waals surface area contributed by atoms with E-state index in [4.69, 9.17) is 0 Å². The van der Waals surface area contributed by atoms with E-state index in [1.165, 1.54) is 24.2 Å². The van der Waals surface area contributed by atoms with Gasteiger partial charge in [0.2, 0.25) is 0 Å². The lowest BCUT2D eigenvalue weighted by Crippen LogP contribution is -2.45. The molecule has 1 fully saturated rings. The SMILES string of the molecule is CC(C)NCc1cccc(N2CCC2C)c1. The van der Waals surface area contributed by atoms with Crippen molar-refractivity contribution in [3.05, 3.63) is 29.8 Å². The smallest absolute Gasteiger partial charge is 0.0371 e. The highest BCUT2D eigenvalue weighted by Crippen LogP contribution is 2.26. The van der Waals surface area contributed by atoms with E-state index in [0.29, 0.717) is 12.1 Å². The molecule has 2 nitrogen and oxygen atoms in total. The minimum Gasteiger partial charge on any atom is -0.369 e. The van der Waals surface area contributed by atoms with Crippen LogP contribution in [0.3, 0.4) is 0 Å². The summed E-state index contributed by atoms with van der Waals surface area (Å²) < 4.78 is 0. The summed E-state index contributed by atoms with van der Waals surface area (Å²) in [6.07, 6.45) is 1.33. The van der Waals surface area contributed by atoms with Gasteiger partial charge in [-0.15, -0.1) is 0 Å². The molecular weight excluding hydrogens is 196 g/mol. The van der Waals surface area contributed by atoms with Crippen LogP contribution in [-0.4, -0.2) is 18.6 Å². The Bertz CT molecular complexity index is 346. The van der Waals surface area contributed by atoms with Crippen molar-refractivity contribution < 1.29 is 0 Å². The standard InChI is InChI=1S/C14H22N2/c1-11(2)15-10-13-5-4-6-14(9-13)16-8-7-12(16)3/h4-6,9,11-12,15H,7-8,10H2,1-3H3. The number of rotatable bonds is 4. The molecule has 2 heteroatoms. The topological polar surface area (TPSA) is 15.3 Å². The molecule has 1 aliphatic heterocycles. The third-order valence-electron chi connectivity index (χ3n) is 3.28. The first-order chi connectivity index (χ1) is 7.66. The fourth-order valence-corrected chi connectivity index (χ4v) is 2.07. The summed E-state index contributed by atoms with van der Waals surface area (Å²) in [5.41, 5.74) is 2.76. The zero-order valence-corrected chi connectivity index (χ0v) is 10.5. The number of nitrogens with one attached hydrogen (secondary N) is 1. The molecule has 2 rings (SSSR count). The largest absolute Gasteiger partial charge is 0.369 e. The van der Waals surface area contributed by atoms with E-state index >= 15 is 0 Å². The number of nitrogens with zero attached hydrogens (tertiary/aromatic N) is 1. The van der Waals surface area contributed by atoms with Gasteiger partial charge in [-0.05, 0) is 31.0 Å². The van der Waals surface area contributed by atoms with Crippen LogP contribution in [0.1, 0.15) is 32.8 Å². The van der Waals surface area contributed by atoms with Gasteiger partial charge in [0.15, 0.2) is 0 Å². The van der Waals surface area contributed by atoms with Crippen LogP contribution in [0, 0.1) is 0 Å². The van der Waals surface area contributed by atoms with Gasteiger partial charge in [0.1, 0.15) is 0 Å². The van der Waals surface area contributed by atoms with Gasteiger partial charge >= 0.3 is 0 Å². The molecule has 0 bridgehead atoms. The predicted octanol–water partition coefficient (Wildman–Crippen LogP) is 2.78. The Kier molecular flexibility index (Phi) is 3.49. The van der Waals surface area contributed by atoms with E-state index in [2.05, 4.69) is 55.3 Å². The monoisotopic (exact) mass is 218 g/mol. The molecule has 1 atom stereocenters. The van der Waals surface area contributed by atoms with Gasteiger partial charge in [-0.3, -0.25) is 0 Å². The first-order valence-electron chi connectivity index (χ1n) is 6.26. The van der Waals surface area contributed by atoms with Crippen molar-refractivity contribution in [2.24, 2.45) is 0 Å². The zero-order valence-electron chi connectivity index (χ0n) is 10.5. The van der Waals surface area contributed by atoms with Gasteiger partial charge in [-0.25, -0.2) is 0 Å². The average Bonchev–Trinajstić information content (AvgIpc) is 2.25. The van der Waals surface area contributed by atoms with Gasteiger partial charge in [0.25, 0.3) is 0 Å². The molecule has 1 saturated heterocycles. The minimum absolute atomic E-state index is 0.548. The second-order valence-corrected chi connectivity index (χ2v) is 5.04. The Labute approximate surface area is 98.7 Å².